The smallest absolute Gasteiger partial charge is 0.255 e. The van der Waals surface area contributed by atoms with Crippen LogP contribution in [0.2, 0.25) is 10.0 Å². The van der Waals surface area contributed by atoms with E-state index in [9.17, 15) is 9.90 Å². The first-order valence-electron chi connectivity index (χ1n) is 9.28. The Morgan fingerprint density at radius 3 is 2.43 bits per heavy atom. The molecule has 0 spiro atoms. The summed E-state index contributed by atoms with van der Waals surface area (Å²) in [5, 5.41) is 11.4. The Bertz CT molecular complexity index is 953. The molecule has 2 atom stereocenters. The van der Waals surface area contributed by atoms with Crippen LogP contribution in [-0.4, -0.2) is 34.1 Å². The predicted octanol–water partition coefficient (Wildman–Crippen LogP) is 5.51. The Morgan fingerprint density at radius 1 is 1.18 bits per heavy atom. The van der Waals surface area contributed by atoms with Crippen LogP contribution in [0, 0.1) is 0 Å². The number of nitrogens with zero attached hydrogens (tertiary/aromatic N) is 1. The first-order chi connectivity index (χ1) is 13.3. The molecule has 2 unspecified atom stereocenters. The van der Waals surface area contributed by atoms with Crippen LogP contribution in [0.25, 0.3) is 5.57 Å². The van der Waals surface area contributed by atoms with Gasteiger partial charge < -0.3 is 10.0 Å². The summed E-state index contributed by atoms with van der Waals surface area (Å²) < 4.78 is 1.01. The van der Waals surface area contributed by atoms with Crippen LogP contribution in [0.3, 0.4) is 0 Å². The fourth-order valence-electron chi connectivity index (χ4n) is 4.73. The lowest BCUT2D eigenvalue weighted by atomic mass is 9.79. The van der Waals surface area contributed by atoms with Gasteiger partial charge in [0.15, 0.2) is 0 Å². The minimum atomic E-state index is -0.523. The molecule has 0 bridgehead atoms. The molecule has 1 saturated heterocycles. The molecule has 1 amide bonds. The Kier molecular flexibility index (Phi) is 5.34. The molecule has 2 aliphatic rings. The SMILES string of the molecule is CCC1=C(c2cc(Cl)cc(Cl)c2)C(=O)N2CC(O)CC12Cc1ccc(Br)cc1. The van der Waals surface area contributed by atoms with Crippen LogP contribution in [0.4, 0.5) is 0 Å². The summed E-state index contributed by atoms with van der Waals surface area (Å²) in [6.45, 7) is 2.41. The van der Waals surface area contributed by atoms with E-state index in [0.717, 1.165) is 21.2 Å². The molecule has 146 valence electrons. The molecule has 0 radical (unpaired) electrons. The third-order valence-electron chi connectivity index (χ3n) is 5.72. The van der Waals surface area contributed by atoms with Crippen LogP contribution >= 0.6 is 39.1 Å². The highest BCUT2D eigenvalue weighted by Gasteiger charge is 2.55. The monoisotopic (exact) mass is 479 g/mol. The molecule has 2 aromatic carbocycles. The number of fused-ring (bicyclic) bond motifs is 1. The van der Waals surface area contributed by atoms with Crippen molar-refractivity contribution in [2.24, 2.45) is 0 Å². The number of hydrogen-bond donors (Lipinski definition) is 1. The van der Waals surface area contributed by atoms with Gasteiger partial charge in [0.25, 0.3) is 5.91 Å². The van der Waals surface area contributed by atoms with E-state index < -0.39 is 11.6 Å². The zero-order chi connectivity index (χ0) is 20.1. The average Bonchev–Trinajstić information content (AvgIpc) is 3.06. The topological polar surface area (TPSA) is 40.5 Å². The molecule has 4 rings (SSSR count). The summed E-state index contributed by atoms with van der Waals surface area (Å²) in [5.74, 6) is -0.0520. The lowest BCUT2D eigenvalue weighted by Gasteiger charge is -2.35. The Morgan fingerprint density at radius 2 is 1.82 bits per heavy atom. The van der Waals surface area contributed by atoms with E-state index in [0.29, 0.717) is 41.4 Å². The maximum absolute atomic E-state index is 13.4. The molecule has 0 aliphatic carbocycles. The predicted molar refractivity (Wildman–Crippen MR) is 117 cm³/mol. The highest BCUT2D eigenvalue weighted by Crippen LogP contribution is 2.50. The minimum absolute atomic E-state index is 0.0520. The number of hydrogen-bond acceptors (Lipinski definition) is 2. The van der Waals surface area contributed by atoms with Crippen molar-refractivity contribution in [3.8, 4) is 0 Å². The number of carbonyl (C=O) groups is 1. The standard InChI is InChI=1S/C22H20BrCl2NO2/c1-2-19-20(14-7-16(24)9-17(25)8-14)21(28)26-12-18(27)11-22(19,26)10-13-3-5-15(23)6-4-13/h3-9,18,27H,2,10-12H2,1H3. The zero-order valence-electron chi connectivity index (χ0n) is 15.4. The molecule has 1 N–H and O–H groups in total. The van der Waals surface area contributed by atoms with Crippen LogP contribution < -0.4 is 0 Å². The van der Waals surface area contributed by atoms with Crippen molar-refractivity contribution < 1.29 is 9.90 Å². The molecule has 3 nitrogen and oxygen atoms in total. The lowest BCUT2D eigenvalue weighted by Crippen LogP contribution is -2.45. The maximum Gasteiger partial charge on any atom is 0.255 e. The van der Waals surface area contributed by atoms with E-state index in [1.165, 1.54) is 0 Å². The van der Waals surface area contributed by atoms with Crippen LogP contribution in [0.5, 0.6) is 0 Å². The fraction of sp³-hybridized carbons (Fsp3) is 0.318. The number of halogens is 3. The van der Waals surface area contributed by atoms with Gasteiger partial charge in [-0.3, -0.25) is 4.79 Å². The van der Waals surface area contributed by atoms with Crippen molar-refractivity contribution >= 4 is 50.6 Å². The molecule has 1 fully saturated rings. The van der Waals surface area contributed by atoms with Gasteiger partial charge in [0.05, 0.1) is 11.6 Å². The van der Waals surface area contributed by atoms with E-state index in [-0.39, 0.29) is 5.91 Å². The van der Waals surface area contributed by atoms with Gasteiger partial charge >= 0.3 is 0 Å². The van der Waals surface area contributed by atoms with E-state index in [4.69, 9.17) is 23.2 Å². The summed E-state index contributed by atoms with van der Waals surface area (Å²) in [4.78, 5) is 15.3. The number of amides is 1. The number of aliphatic hydroxyl groups is 1. The molecule has 2 aliphatic heterocycles. The van der Waals surface area contributed by atoms with Gasteiger partial charge in [-0.15, -0.1) is 0 Å². The third-order valence-corrected chi connectivity index (χ3v) is 6.69. The van der Waals surface area contributed by atoms with E-state index in [2.05, 4.69) is 35.0 Å². The van der Waals surface area contributed by atoms with Crippen molar-refractivity contribution in [1.82, 2.24) is 4.90 Å². The number of carbonyl (C=O) groups excluding carboxylic acids is 1. The van der Waals surface area contributed by atoms with Crippen molar-refractivity contribution in [3.05, 3.63) is 73.7 Å². The van der Waals surface area contributed by atoms with E-state index in [1.54, 1.807) is 18.2 Å². The number of aliphatic hydroxyl groups excluding tert-OH is 1. The second-order valence-electron chi connectivity index (χ2n) is 7.47. The summed E-state index contributed by atoms with van der Waals surface area (Å²) in [5.41, 5.74) is 3.10. The average molecular weight is 481 g/mol. The molecule has 0 aromatic heterocycles. The van der Waals surface area contributed by atoms with E-state index in [1.807, 2.05) is 17.0 Å². The van der Waals surface area contributed by atoms with Crippen molar-refractivity contribution in [2.75, 3.05) is 6.54 Å². The minimum Gasteiger partial charge on any atom is -0.391 e. The number of β-amino-alcohol motifs (C(OH)–C–C–N with tert-alkyl or cyclic N) is 1. The zero-order valence-corrected chi connectivity index (χ0v) is 18.5. The normalized spacial score (nSPS) is 24.2. The molecular weight excluding hydrogens is 461 g/mol. The highest BCUT2D eigenvalue weighted by molar-refractivity contribution is 9.10. The Hall–Kier alpha value is -1.33. The number of rotatable bonds is 4. The van der Waals surface area contributed by atoms with Gasteiger partial charge in [-0.1, -0.05) is 58.2 Å². The third kappa shape index (κ3) is 3.30. The van der Waals surface area contributed by atoms with Gasteiger partial charge in [0.1, 0.15) is 0 Å². The second kappa shape index (κ2) is 7.49. The summed E-state index contributed by atoms with van der Waals surface area (Å²) in [6.07, 6.45) is 1.40. The first kappa shape index (κ1) is 20.0. The van der Waals surface area contributed by atoms with Gasteiger partial charge in [-0.25, -0.2) is 0 Å². The summed E-state index contributed by atoms with van der Waals surface area (Å²) >= 11 is 15.9. The molecule has 6 heteroatoms. The summed E-state index contributed by atoms with van der Waals surface area (Å²) in [7, 11) is 0. The fourth-order valence-corrected chi connectivity index (χ4v) is 5.52. The Balaban J connectivity index is 1.87. The molecule has 2 heterocycles. The quantitative estimate of drug-likeness (QED) is 0.626. The van der Waals surface area contributed by atoms with Crippen LogP contribution in [-0.2, 0) is 11.2 Å². The van der Waals surface area contributed by atoms with Gasteiger partial charge in [0, 0.05) is 33.1 Å². The van der Waals surface area contributed by atoms with Crippen molar-refractivity contribution in [1.29, 1.82) is 0 Å². The Labute approximate surface area is 183 Å². The lowest BCUT2D eigenvalue weighted by molar-refractivity contribution is -0.126. The first-order valence-corrected chi connectivity index (χ1v) is 10.8. The van der Waals surface area contributed by atoms with Gasteiger partial charge in [-0.05, 0) is 59.9 Å². The van der Waals surface area contributed by atoms with Crippen molar-refractivity contribution in [2.45, 2.75) is 37.8 Å². The maximum atomic E-state index is 13.4. The van der Waals surface area contributed by atoms with Crippen LogP contribution in [0.15, 0.2) is 52.5 Å². The largest absolute Gasteiger partial charge is 0.391 e. The molecular formula is C22H20BrCl2NO2. The molecule has 2 aromatic rings. The highest BCUT2D eigenvalue weighted by atomic mass is 79.9. The second-order valence-corrected chi connectivity index (χ2v) is 9.26. The van der Waals surface area contributed by atoms with Crippen LogP contribution in [0.1, 0.15) is 30.9 Å². The number of benzene rings is 2. The molecule has 0 saturated carbocycles. The molecule has 28 heavy (non-hydrogen) atoms. The van der Waals surface area contributed by atoms with Crippen molar-refractivity contribution in [3.63, 3.8) is 0 Å². The van der Waals surface area contributed by atoms with Gasteiger partial charge in [0.2, 0.25) is 0 Å². The summed E-state index contributed by atoms with van der Waals surface area (Å²) in [6, 6.07) is 13.4. The van der Waals surface area contributed by atoms with Gasteiger partial charge in [-0.2, -0.15) is 0 Å². The van der Waals surface area contributed by atoms with E-state index >= 15 is 0 Å².